The molecule has 0 spiro atoms. The zero-order valence-corrected chi connectivity index (χ0v) is 15.5. The molecule has 0 atom stereocenters. The quantitative estimate of drug-likeness (QED) is 0.283. The van der Waals surface area contributed by atoms with E-state index in [1.807, 2.05) is 30.3 Å². The van der Waals surface area contributed by atoms with E-state index >= 15 is 0 Å². The lowest BCUT2D eigenvalue weighted by Crippen LogP contribution is -2.19. The van der Waals surface area contributed by atoms with Crippen LogP contribution in [0.1, 0.15) is 5.56 Å². The van der Waals surface area contributed by atoms with Gasteiger partial charge in [0.25, 0.3) is 5.69 Å². The summed E-state index contributed by atoms with van der Waals surface area (Å²) in [6.45, 7) is 0. The van der Waals surface area contributed by atoms with Crippen molar-refractivity contribution in [3.63, 3.8) is 0 Å². The number of nitro benzene ring substituents is 1. The lowest BCUT2D eigenvalue weighted by Gasteiger charge is -2.04. The van der Waals surface area contributed by atoms with Gasteiger partial charge in [-0.25, -0.2) is 5.43 Å². The molecule has 0 aliphatic rings. The third-order valence-electron chi connectivity index (χ3n) is 3.71. The first-order chi connectivity index (χ1) is 13.6. The summed E-state index contributed by atoms with van der Waals surface area (Å²) in [5.74, 6) is -0.0609. The van der Waals surface area contributed by atoms with Gasteiger partial charge in [-0.2, -0.15) is 5.10 Å². The van der Waals surface area contributed by atoms with Gasteiger partial charge in [0.2, 0.25) is 5.91 Å². The predicted molar refractivity (Wildman–Crippen MR) is 111 cm³/mol. The van der Waals surface area contributed by atoms with Crippen molar-refractivity contribution < 1.29 is 9.72 Å². The normalized spacial score (nSPS) is 11.3. The molecule has 0 radical (unpaired) electrons. The molecule has 0 saturated carbocycles. The Bertz CT molecular complexity index is 1060. The van der Waals surface area contributed by atoms with E-state index in [1.54, 1.807) is 30.5 Å². The van der Waals surface area contributed by atoms with Crippen LogP contribution in [0, 0.1) is 10.1 Å². The van der Waals surface area contributed by atoms with Gasteiger partial charge in [-0.15, -0.1) is 11.8 Å². The number of benzene rings is 2. The minimum Gasteiger partial charge on any atom is -0.272 e. The number of fused-ring (bicyclic) bond motifs is 1. The number of aromatic nitrogens is 1. The van der Waals surface area contributed by atoms with Crippen LogP contribution >= 0.6 is 11.8 Å². The highest BCUT2D eigenvalue weighted by molar-refractivity contribution is 8.00. The number of pyridine rings is 1. The highest BCUT2D eigenvalue weighted by Gasteiger charge is 2.08. The Morgan fingerprint density at radius 3 is 2.86 bits per heavy atom. The fourth-order valence-electron chi connectivity index (χ4n) is 2.46. The summed E-state index contributed by atoms with van der Waals surface area (Å²) in [5.41, 5.74) is 3.76. The van der Waals surface area contributed by atoms with Crippen LogP contribution in [-0.4, -0.2) is 27.8 Å². The first kappa shape index (κ1) is 19.2. The number of hydrogen-bond acceptors (Lipinski definition) is 6. The highest BCUT2D eigenvalue weighted by Crippen LogP contribution is 2.25. The Labute approximate surface area is 165 Å². The Kier molecular flexibility index (Phi) is 6.48. The van der Waals surface area contributed by atoms with Gasteiger partial charge in [-0.05, 0) is 30.4 Å². The number of allylic oxidation sites excluding steroid dienone is 1. The minimum absolute atomic E-state index is 0.0104. The molecule has 28 heavy (non-hydrogen) atoms. The Balaban J connectivity index is 1.52. The third-order valence-corrected chi connectivity index (χ3v) is 4.76. The number of rotatable bonds is 7. The topological polar surface area (TPSA) is 97.5 Å². The highest BCUT2D eigenvalue weighted by atomic mass is 32.2. The standard InChI is InChI=1S/C20H16N4O3S/c25-19(14-28-18-11-3-7-16-9-4-12-21-20(16)18)23-22-13-5-8-15-6-1-2-10-17(15)24(26)27/h1-13H,14H2,(H,23,25)/b8-5+,22-13-. The van der Waals surface area contributed by atoms with E-state index in [2.05, 4.69) is 15.5 Å². The summed E-state index contributed by atoms with van der Waals surface area (Å²) >= 11 is 1.38. The smallest absolute Gasteiger partial charge is 0.272 e. The molecule has 1 heterocycles. The van der Waals surface area contributed by atoms with E-state index in [0.29, 0.717) is 5.56 Å². The largest absolute Gasteiger partial charge is 0.276 e. The van der Waals surface area contributed by atoms with Gasteiger partial charge < -0.3 is 0 Å². The van der Waals surface area contributed by atoms with Gasteiger partial charge >= 0.3 is 0 Å². The molecule has 0 aliphatic heterocycles. The molecule has 3 aromatic rings. The Morgan fingerprint density at radius 2 is 2.00 bits per heavy atom. The van der Waals surface area contributed by atoms with Crippen molar-refractivity contribution in [2.75, 3.05) is 5.75 Å². The van der Waals surface area contributed by atoms with E-state index in [1.165, 1.54) is 30.1 Å². The lowest BCUT2D eigenvalue weighted by molar-refractivity contribution is -0.385. The number of carbonyl (C=O) groups is 1. The third kappa shape index (κ3) is 5.01. The summed E-state index contributed by atoms with van der Waals surface area (Å²) in [6.07, 6.45) is 6.19. The first-order valence-corrected chi connectivity index (χ1v) is 9.32. The average molecular weight is 392 g/mol. The molecular weight excluding hydrogens is 376 g/mol. The van der Waals surface area contributed by atoms with E-state index < -0.39 is 4.92 Å². The number of nitro groups is 1. The average Bonchev–Trinajstić information content (AvgIpc) is 2.72. The van der Waals surface area contributed by atoms with Crippen LogP contribution in [0.3, 0.4) is 0 Å². The van der Waals surface area contributed by atoms with Gasteiger partial charge in [0.1, 0.15) is 0 Å². The lowest BCUT2D eigenvalue weighted by atomic mass is 10.2. The molecular formula is C20H16N4O3S. The SMILES string of the molecule is O=C(CSc1cccc2cccnc12)N/N=C\C=C\c1ccccc1[N+](=O)[O-]. The van der Waals surface area contributed by atoms with Crippen molar-refractivity contribution in [3.8, 4) is 0 Å². The monoisotopic (exact) mass is 392 g/mol. The second-order valence-electron chi connectivity index (χ2n) is 5.61. The molecule has 0 saturated heterocycles. The molecule has 1 amide bonds. The van der Waals surface area contributed by atoms with E-state index in [-0.39, 0.29) is 17.3 Å². The maximum atomic E-state index is 11.9. The fourth-order valence-corrected chi connectivity index (χ4v) is 3.30. The fraction of sp³-hybridized carbons (Fsp3) is 0.0500. The Morgan fingerprint density at radius 1 is 1.18 bits per heavy atom. The number of hydrogen-bond donors (Lipinski definition) is 1. The van der Waals surface area contributed by atoms with Crippen molar-refractivity contribution >= 4 is 46.5 Å². The zero-order valence-electron chi connectivity index (χ0n) is 14.7. The predicted octanol–water partition coefficient (Wildman–Crippen LogP) is 4.05. The minimum atomic E-state index is -0.446. The van der Waals surface area contributed by atoms with Gasteiger partial charge in [-0.3, -0.25) is 19.9 Å². The Hall–Kier alpha value is -3.52. The first-order valence-electron chi connectivity index (χ1n) is 8.33. The number of para-hydroxylation sites is 2. The molecule has 1 aromatic heterocycles. The molecule has 0 aliphatic carbocycles. The number of amides is 1. The van der Waals surface area contributed by atoms with Crippen LogP contribution in [0.4, 0.5) is 5.69 Å². The molecule has 2 aromatic carbocycles. The molecule has 8 heteroatoms. The van der Waals surface area contributed by atoms with E-state index in [4.69, 9.17) is 0 Å². The van der Waals surface area contributed by atoms with Crippen molar-refractivity contribution in [1.82, 2.24) is 10.4 Å². The summed E-state index contributed by atoms with van der Waals surface area (Å²) in [4.78, 5) is 27.7. The van der Waals surface area contributed by atoms with Crippen LogP contribution in [0.25, 0.3) is 17.0 Å². The van der Waals surface area contributed by atoms with Crippen LogP contribution < -0.4 is 5.43 Å². The summed E-state index contributed by atoms with van der Waals surface area (Å²) < 4.78 is 0. The van der Waals surface area contributed by atoms with Gasteiger partial charge in [0.15, 0.2) is 0 Å². The maximum absolute atomic E-state index is 11.9. The number of nitrogens with one attached hydrogen (secondary N) is 1. The molecule has 140 valence electrons. The molecule has 3 rings (SSSR count). The zero-order chi connectivity index (χ0) is 19.8. The molecule has 0 bridgehead atoms. The van der Waals surface area contributed by atoms with E-state index in [9.17, 15) is 14.9 Å². The van der Waals surface area contributed by atoms with Crippen LogP contribution in [-0.2, 0) is 4.79 Å². The van der Waals surface area contributed by atoms with Crippen molar-refractivity contribution in [3.05, 3.63) is 82.5 Å². The second-order valence-corrected chi connectivity index (χ2v) is 6.63. The molecule has 7 nitrogen and oxygen atoms in total. The molecule has 0 fully saturated rings. The van der Waals surface area contributed by atoms with Crippen LogP contribution in [0.15, 0.2) is 76.9 Å². The number of carbonyl (C=O) groups excluding carboxylic acids is 1. The molecule has 1 N–H and O–H groups in total. The summed E-state index contributed by atoms with van der Waals surface area (Å²) in [5, 5.41) is 15.8. The van der Waals surface area contributed by atoms with Crippen LogP contribution in [0.5, 0.6) is 0 Å². The number of nitrogens with zero attached hydrogens (tertiary/aromatic N) is 3. The van der Waals surface area contributed by atoms with E-state index in [0.717, 1.165) is 15.8 Å². The van der Waals surface area contributed by atoms with Crippen molar-refractivity contribution in [1.29, 1.82) is 0 Å². The summed E-state index contributed by atoms with van der Waals surface area (Å²) in [7, 11) is 0. The van der Waals surface area contributed by atoms with Gasteiger partial charge in [-0.1, -0.05) is 30.3 Å². The van der Waals surface area contributed by atoms with Crippen molar-refractivity contribution in [2.45, 2.75) is 4.90 Å². The second kappa shape index (κ2) is 9.43. The van der Waals surface area contributed by atoms with Gasteiger partial charge in [0.05, 0.1) is 21.8 Å². The van der Waals surface area contributed by atoms with Crippen molar-refractivity contribution in [2.24, 2.45) is 5.10 Å². The van der Waals surface area contributed by atoms with Gasteiger partial charge in [0, 0.05) is 28.8 Å². The molecule has 0 unspecified atom stereocenters. The number of thioether (sulfide) groups is 1. The maximum Gasteiger partial charge on any atom is 0.276 e. The van der Waals surface area contributed by atoms with Crippen LogP contribution in [0.2, 0.25) is 0 Å². The number of hydrazone groups is 1. The summed E-state index contributed by atoms with van der Waals surface area (Å²) in [6, 6.07) is 16.0.